The lowest BCUT2D eigenvalue weighted by atomic mass is 10.1. The third-order valence-corrected chi connectivity index (χ3v) is 4.96. The molecule has 3 heterocycles. The Bertz CT molecular complexity index is 1170. The Labute approximate surface area is 163 Å². The number of pyridine rings is 1. The quantitative estimate of drug-likeness (QED) is 0.579. The minimum atomic E-state index is -0.119. The smallest absolute Gasteiger partial charge is 0.253 e. The molecule has 1 N–H and O–H groups in total. The highest BCUT2D eigenvalue weighted by atomic mass is 16.1. The first-order chi connectivity index (χ1) is 13.5. The summed E-state index contributed by atoms with van der Waals surface area (Å²) in [6, 6.07) is 10.1. The standard InChI is InChI=1S/C21H24N6O/c1-13(2)27-20-16(12-23-27)11-17(14(3)24-20)21(28)22-9-10-26-15(4)25-18-7-5-6-8-19(18)26/h5-8,11-13H,9-10H2,1-4H3,(H,22,28). The van der Waals surface area contributed by atoms with E-state index in [2.05, 4.69) is 38.8 Å². The lowest BCUT2D eigenvalue weighted by molar-refractivity contribution is 0.0951. The normalized spacial score (nSPS) is 11.6. The van der Waals surface area contributed by atoms with E-state index in [1.165, 1.54) is 0 Å². The van der Waals surface area contributed by atoms with Crippen LogP contribution in [-0.2, 0) is 6.54 Å². The summed E-state index contributed by atoms with van der Waals surface area (Å²) >= 11 is 0. The van der Waals surface area contributed by atoms with E-state index in [9.17, 15) is 4.79 Å². The van der Waals surface area contributed by atoms with Crippen molar-refractivity contribution in [3.05, 3.63) is 53.6 Å². The molecular weight excluding hydrogens is 352 g/mol. The van der Waals surface area contributed by atoms with Crippen molar-refractivity contribution in [1.29, 1.82) is 0 Å². The van der Waals surface area contributed by atoms with Gasteiger partial charge in [-0.3, -0.25) is 4.79 Å². The van der Waals surface area contributed by atoms with E-state index in [0.717, 1.165) is 27.9 Å². The zero-order chi connectivity index (χ0) is 19.8. The van der Waals surface area contributed by atoms with Gasteiger partial charge in [-0.25, -0.2) is 14.6 Å². The summed E-state index contributed by atoms with van der Waals surface area (Å²) in [4.78, 5) is 21.9. The molecule has 7 nitrogen and oxygen atoms in total. The van der Waals surface area contributed by atoms with Gasteiger partial charge in [0.2, 0.25) is 0 Å². The highest BCUT2D eigenvalue weighted by Crippen LogP contribution is 2.19. The van der Waals surface area contributed by atoms with Crippen LogP contribution >= 0.6 is 0 Å². The van der Waals surface area contributed by atoms with Crippen LogP contribution in [0.4, 0.5) is 0 Å². The van der Waals surface area contributed by atoms with Crippen LogP contribution in [0.15, 0.2) is 36.5 Å². The van der Waals surface area contributed by atoms with Crippen LogP contribution in [0.3, 0.4) is 0 Å². The summed E-state index contributed by atoms with van der Waals surface area (Å²) < 4.78 is 3.99. The second-order valence-corrected chi connectivity index (χ2v) is 7.27. The number of nitrogens with one attached hydrogen (secondary N) is 1. The van der Waals surface area contributed by atoms with Crippen LogP contribution < -0.4 is 5.32 Å². The van der Waals surface area contributed by atoms with Crippen LogP contribution in [0.25, 0.3) is 22.1 Å². The number of rotatable bonds is 5. The average Bonchev–Trinajstić information content (AvgIpc) is 3.21. The summed E-state index contributed by atoms with van der Waals surface area (Å²) in [5.74, 6) is 0.821. The minimum Gasteiger partial charge on any atom is -0.350 e. The van der Waals surface area contributed by atoms with Gasteiger partial charge >= 0.3 is 0 Å². The molecule has 1 amide bonds. The maximum Gasteiger partial charge on any atom is 0.253 e. The maximum absolute atomic E-state index is 12.7. The highest BCUT2D eigenvalue weighted by Gasteiger charge is 2.15. The molecule has 0 radical (unpaired) electrons. The Balaban J connectivity index is 1.51. The van der Waals surface area contributed by atoms with Crippen LogP contribution in [0.5, 0.6) is 0 Å². The van der Waals surface area contributed by atoms with Crippen molar-refractivity contribution in [3.8, 4) is 0 Å². The number of aryl methyl sites for hydroxylation is 2. The first kappa shape index (κ1) is 18.2. The fourth-order valence-corrected chi connectivity index (χ4v) is 3.53. The SMILES string of the molecule is Cc1nc2c(cnn2C(C)C)cc1C(=O)NCCn1c(C)nc2ccccc21. The number of aromatic nitrogens is 5. The number of para-hydroxylation sites is 2. The van der Waals surface area contributed by atoms with Gasteiger partial charge in [-0.05, 0) is 45.9 Å². The zero-order valence-electron chi connectivity index (χ0n) is 16.6. The predicted octanol–water partition coefficient (Wildman–Crippen LogP) is 3.41. The van der Waals surface area contributed by atoms with E-state index in [1.807, 2.05) is 48.9 Å². The molecule has 28 heavy (non-hydrogen) atoms. The number of amides is 1. The molecule has 4 aromatic rings. The molecule has 0 saturated carbocycles. The summed E-state index contributed by atoms with van der Waals surface area (Å²) in [6.45, 7) is 9.15. The van der Waals surface area contributed by atoms with Crippen molar-refractivity contribution >= 4 is 28.0 Å². The number of fused-ring (bicyclic) bond motifs is 2. The van der Waals surface area contributed by atoms with Gasteiger partial charge in [0.15, 0.2) is 5.65 Å². The van der Waals surface area contributed by atoms with Crippen molar-refractivity contribution in [2.45, 2.75) is 40.3 Å². The molecule has 0 bridgehead atoms. The second kappa shape index (κ2) is 7.07. The van der Waals surface area contributed by atoms with Gasteiger partial charge in [0.1, 0.15) is 5.82 Å². The summed E-state index contributed by atoms with van der Waals surface area (Å²) in [5, 5.41) is 8.27. The number of carbonyl (C=O) groups excluding carboxylic acids is 1. The van der Waals surface area contributed by atoms with Gasteiger partial charge in [-0.15, -0.1) is 0 Å². The van der Waals surface area contributed by atoms with Crippen LogP contribution in [0, 0.1) is 13.8 Å². The van der Waals surface area contributed by atoms with E-state index in [1.54, 1.807) is 6.20 Å². The van der Waals surface area contributed by atoms with E-state index >= 15 is 0 Å². The molecule has 4 rings (SSSR count). The van der Waals surface area contributed by atoms with Crippen molar-refractivity contribution in [1.82, 2.24) is 29.6 Å². The van der Waals surface area contributed by atoms with Crippen LogP contribution in [0.2, 0.25) is 0 Å². The second-order valence-electron chi connectivity index (χ2n) is 7.27. The molecule has 0 spiro atoms. The lowest BCUT2D eigenvalue weighted by Crippen LogP contribution is -2.28. The summed E-state index contributed by atoms with van der Waals surface area (Å²) in [6.07, 6.45) is 1.76. The van der Waals surface area contributed by atoms with E-state index in [4.69, 9.17) is 0 Å². The van der Waals surface area contributed by atoms with Gasteiger partial charge in [0, 0.05) is 24.5 Å². The predicted molar refractivity (Wildman–Crippen MR) is 109 cm³/mol. The third-order valence-electron chi connectivity index (χ3n) is 4.96. The number of carbonyl (C=O) groups is 1. The molecule has 7 heteroatoms. The van der Waals surface area contributed by atoms with Gasteiger partial charge < -0.3 is 9.88 Å². The Hall–Kier alpha value is -3.22. The Kier molecular flexibility index (Phi) is 4.58. The molecule has 0 aliphatic rings. The van der Waals surface area contributed by atoms with E-state index in [0.29, 0.717) is 24.3 Å². The van der Waals surface area contributed by atoms with Crippen molar-refractivity contribution in [2.24, 2.45) is 0 Å². The molecule has 0 fully saturated rings. The zero-order valence-corrected chi connectivity index (χ0v) is 16.6. The summed E-state index contributed by atoms with van der Waals surface area (Å²) in [5.41, 5.74) is 4.15. The van der Waals surface area contributed by atoms with Crippen LogP contribution in [0.1, 0.15) is 41.8 Å². The average molecular weight is 376 g/mol. The van der Waals surface area contributed by atoms with Gasteiger partial charge in [-0.1, -0.05) is 12.1 Å². The van der Waals surface area contributed by atoms with Crippen molar-refractivity contribution in [2.75, 3.05) is 6.54 Å². The fraction of sp³-hybridized carbons (Fsp3) is 0.333. The number of hydrogen-bond acceptors (Lipinski definition) is 4. The maximum atomic E-state index is 12.7. The highest BCUT2D eigenvalue weighted by molar-refractivity contribution is 5.98. The molecular formula is C21H24N6O. The molecule has 0 aliphatic heterocycles. The van der Waals surface area contributed by atoms with E-state index in [-0.39, 0.29) is 11.9 Å². The Morgan fingerprint density at radius 1 is 1.18 bits per heavy atom. The van der Waals surface area contributed by atoms with Crippen molar-refractivity contribution < 1.29 is 4.79 Å². The molecule has 0 aliphatic carbocycles. The molecule has 0 atom stereocenters. The number of benzene rings is 1. The topological polar surface area (TPSA) is 77.6 Å². The van der Waals surface area contributed by atoms with E-state index < -0.39 is 0 Å². The first-order valence-corrected chi connectivity index (χ1v) is 9.50. The third kappa shape index (κ3) is 3.13. The van der Waals surface area contributed by atoms with Gasteiger partial charge in [0.25, 0.3) is 5.91 Å². The molecule has 1 aromatic carbocycles. The minimum absolute atomic E-state index is 0.119. The fourth-order valence-electron chi connectivity index (χ4n) is 3.53. The Morgan fingerprint density at radius 3 is 2.75 bits per heavy atom. The monoisotopic (exact) mass is 376 g/mol. The number of nitrogens with zero attached hydrogens (tertiary/aromatic N) is 5. The molecule has 0 unspecified atom stereocenters. The lowest BCUT2D eigenvalue weighted by Gasteiger charge is -2.11. The molecule has 144 valence electrons. The van der Waals surface area contributed by atoms with Crippen LogP contribution in [-0.4, -0.2) is 36.8 Å². The molecule has 0 saturated heterocycles. The molecule has 3 aromatic heterocycles. The Morgan fingerprint density at radius 2 is 1.96 bits per heavy atom. The number of imidazole rings is 1. The number of hydrogen-bond donors (Lipinski definition) is 1. The first-order valence-electron chi connectivity index (χ1n) is 9.50. The summed E-state index contributed by atoms with van der Waals surface area (Å²) in [7, 11) is 0. The van der Waals surface area contributed by atoms with Gasteiger partial charge in [0.05, 0.1) is 28.5 Å². The largest absolute Gasteiger partial charge is 0.350 e. The van der Waals surface area contributed by atoms with Crippen molar-refractivity contribution in [3.63, 3.8) is 0 Å². The van der Waals surface area contributed by atoms with Gasteiger partial charge in [-0.2, -0.15) is 5.10 Å².